The maximum Gasteiger partial charge on any atom is 0.101 e. The molecule has 1 aliphatic rings. The first-order valence-corrected chi connectivity index (χ1v) is 12.6. The second-order valence-corrected chi connectivity index (χ2v) is 10.1. The van der Waals surface area contributed by atoms with Gasteiger partial charge in [-0.1, -0.05) is 36.4 Å². The molecule has 4 heterocycles. The smallest absolute Gasteiger partial charge is 0.101 e. The molecule has 5 aromatic rings. The number of pyridine rings is 2. The van der Waals surface area contributed by atoms with Crippen LogP contribution in [-0.2, 0) is 16.7 Å². The molecule has 0 radical (unpaired) electrons. The summed E-state index contributed by atoms with van der Waals surface area (Å²) in [6, 6.07) is 21.1. The molecule has 0 saturated carbocycles. The van der Waals surface area contributed by atoms with E-state index < -0.39 is 5.41 Å². The molecule has 3 aromatic heterocycles. The van der Waals surface area contributed by atoms with Gasteiger partial charge in [0.2, 0.25) is 0 Å². The van der Waals surface area contributed by atoms with Crippen molar-refractivity contribution in [3.63, 3.8) is 0 Å². The molecule has 0 atom stereocenters. The van der Waals surface area contributed by atoms with Crippen LogP contribution in [0.3, 0.4) is 0 Å². The first kappa shape index (κ1) is 23.3. The highest BCUT2D eigenvalue weighted by atomic mass is 16.5. The van der Waals surface area contributed by atoms with Gasteiger partial charge in [0, 0.05) is 47.7 Å². The molecule has 2 aromatic carbocycles. The van der Waals surface area contributed by atoms with Crippen LogP contribution in [0, 0.1) is 11.3 Å². The number of nitrogens with one attached hydrogen (secondary N) is 1. The highest BCUT2D eigenvalue weighted by Crippen LogP contribution is 2.35. The van der Waals surface area contributed by atoms with Gasteiger partial charge in [-0.05, 0) is 43.2 Å². The van der Waals surface area contributed by atoms with E-state index in [1.54, 1.807) is 0 Å². The van der Waals surface area contributed by atoms with Crippen molar-refractivity contribution in [3.05, 3.63) is 78.2 Å². The summed E-state index contributed by atoms with van der Waals surface area (Å²) in [5.74, 6) is 0. The van der Waals surface area contributed by atoms with Crippen molar-refractivity contribution in [1.29, 1.82) is 5.26 Å². The van der Waals surface area contributed by atoms with Crippen molar-refractivity contribution in [2.75, 3.05) is 26.3 Å². The van der Waals surface area contributed by atoms with Crippen molar-refractivity contribution in [2.24, 2.45) is 0 Å². The third kappa shape index (κ3) is 4.46. The zero-order valence-electron chi connectivity index (χ0n) is 21.0. The Morgan fingerprint density at radius 3 is 2.43 bits per heavy atom. The Hall–Kier alpha value is -4.12. The first-order valence-electron chi connectivity index (χ1n) is 12.6. The molecule has 0 amide bonds. The fourth-order valence-corrected chi connectivity index (χ4v) is 4.88. The average Bonchev–Trinajstić information content (AvgIpc) is 3.39. The van der Waals surface area contributed by atoms with Gasteiger partial charge in [0.15, 0.2) is 0 Å². The first-order chi connectivity index (χ1) is 18.0. The minimum absolute atomic E-state index is 0.538. The van der Waals surface area contributed by atoms with Gasteiger partial charge >= 0.3 is 0 Å². The number of nitriles is 1. The number of hydrogen-bond acceptors (Lipinski definition) is 6. The summed E-state index contributed by atoms with van der Waals surface area (Å²) in [6.07, 6.45) is 3.79. The van der Waals surface area contributed by atoms with Crippen LogP contribution < -0.4 is 0 Å². The molecule has 0 bridgehead atoms. The standard InChI is InChI=1S/C30H28N6O/c1-30(2,19-31)23-7-3-20(4-8-23)29-28-25-15-21(6-10-26(25)33-17-27(28)34-35-29)22-5-9-24(32-16-22)18-36-11-13-37-14-12-36/h3-10,15-17H,11-14,18H2,1-2H3,(H,34,35). The Morgan fingerprint density at radius 2 is 1.70 bits per heavy atom. The number of aromatic nitrogens is 4. The summed E-state index contributed by atoms with van der Waals surface area (Å²) in [5.41, 5.74) is 7.34. The summed E-state index contributed by atoms with van der Waals surface area (Å²) >= 11 is 0. The van der Waals surface area contributed by atoms with Gasteiger partial charge in [-0.2, -0.15) is 10.4 Å². The molecule has 1 N–H and O–H groups in total. The predicted molar refractivity (Wildman–Crippen MR) is 145 cm³/mol. The molecule has 1 saturated heterocycles. The van der Waals surface area contributed by atoms with E-state index in [9.17, 15) is 5.26 Å². The van der Waals surface area contributed by atoms with E-state index in [1.807, 2.05) is 50.5 Å². The van der Waals surface area contributed by atoms with Gasteiger partial charge in [0.25, 0.3) is 0 Å². The van der Waals surface area contributed by atoms with Crippen molar-refractivity contribution in [2.45, 2.75) is 25.8 Å². The largest absolute Gasteiger partial charge is 0.379 e. The lowest BCUT2D eigenvalue weighted by atomic mass is 9.86. The van der Waals surface area contributed by atoms with E-state index in [0.29, 0.717) is 0 Å². The van der Waals surface area contributed by atoms with E-state index in [4.69, 9.17) is 9.72 Å². The van der Waals surface area contributed by atoms with Gasteiger partial charge in [0.05, 0.1) is 47.6 Å². The van der Waals surface area contributed by atoms with E-state index in [-0.39, 0.29) is 0 Å². The molecule has 37 heavy (non-hydrogen) atoms. The van der Waals surface area contributed by atoms with Crippen LogP contribution in [0.5, 0.6) is 0 Å². The monoisotopic (exact) mass is 488 g/mol. The topological polar surface area (TPSA) is 90.7 Å². The highest BCUT2D eigenvalue weighted by molar-refractivity contribution is 6.11. The SMILES string of the molecule is CC(C)(C#N)c1ccc(-c2n[nH]c3cnc4ccc(-c5ccc(CN6CCOCC6)nc5)cc4c23)cc1. The fraction of sp³-hybridized carbons (Fsp3) is 0.267. The summed E-state index contributed by atoms with van der Waals surface area (Å²) in [5, 5.41) is 19.4. The Balaban J connectivity index is 1.36. The maximum atomic E-state index is 9.48. The van der Waals surface area contributed by atoms with Gasteiger partial charge in [-0.25, -0.2) is 0 Å². The van der Waals surface area contributed by atoms with Crippen molar-refractivity contribution < 1.29 is 4.74 Å². The van der Waals surface area contributed by atoms with Crippen LogP contribution in [0.4, 0.5) is 0 Å². The molecule has 7 heteroatoms. The number of benzene rings is 2. The van der Waals surface area contributed by atoms with E-state index in [1.165, 1.54) is 0 Å². The highest BCUT2D eigenvalue weighted by Gasteiger charge is 2.20. The van der Waals surface area contributed by atoms with Crippen LogP contribution in [0.2, 0.25) is 0 Å². The molecule has 0 unspecified atom stereocenters. The molecule has 7 nitrogen and oxygen atoms in total. The summed E-state index contributed by atoms with van der Waals surface area (Å²) < 4.78 is 5.45. The van der Waals surface area contributed by atoms with Gasteiger partial charge < -0.3 is 4.74 Å². The Bertz CT molecular complexity index is 1610. The Kier molecular flexibility index (Phi) is 5.91. The van der Waals surface area contributed by atoms with Crippen LogP contribution >= 0.6 is 0 Å². The van der Waals surface area contributed by atoms with Crippen molar-refractivity contribution >= 4 is 21.8 Å². The number of aromatic amines is 1. The predicted octanol–water partition coefficient (Wildman–Crippen LogP) is 5.47. The number of fused-ring (bicyclic) bond motifs is 3. The van der Waals surface area contributed by atoms with Gasteiger partial charge in [0.1, 0.15) is 5.69 Å². The molecule has 184 valence electrons. The average molecular weight is 489 g/mol. The molecular formula is C30H28N6O. The molecule has 0 spiro atoms. The second kappa shape index (κ2) is 9.40. The third-order valence-corrected chi connectivity index (χ3v) is 7.20. The minimum atomic E-state index is -0.538. The molecular weight excluding hydrogens is 460 g/mol. The summed E-state index contributed by atoms with van der Waals surface area (Å²) in [6.45, 7) is 8.17. The maximum absolute atomic E-state index is 9.48. The lowest BCUT2D eigenvalue weighted by Gasteiger charge is -2.26. The Morgan fingerprint density at radius 1 is 0.946 bits per heavy atom. The zero-order valence-corrected chi connectivity index (χ0v) is 21.0. The van der Waals surface area contributed by atoms with Crippen molar-refractivity contribution in [3.8, 4) is 28.5 Å². The van der Waals surface area contributed by atoms with Crippen LogP contribution in [-0.4, -0.2) is 51.4 Å². The normalized spacial score (nSPS) is 14.7. The van der Waals surface area contributed by atoms with Crippen LogP contribution in [0.15, 0.2) is 67.0 Å². The molecule has 0 aliphatic carbocycles. The second-order valence-electron chi connectivity index (χ2n) is 10.1. The number of nitrogens with zero attached hydrogens (tertiary/aromatic N) is 5. The number of hydrogen-bond donors (Lipinski definition) is 1. The van der Waals surface area contributed by atoms with Crippen LogP contribution in [0.25, 0.3) is 44.2 Å². The summed E-state index contributed by atoms with van der Waals surface area (Å²) in [4.78, 5) is 11.8. The van der Waals surface area contributed by atoms with Gasteiger partial charge in [-0.3, -0.25) is 20.0 Å². The zero-order chi connectivity index (χ0) is 25.4. The number of morpholine rings is 1. The number of H-pyrrole nitrogens is 1. The molecule has 1 aliphatic heterocycles. The number of ether oxygens (including phenoxy) is 1. The van der Waals surface area contributed by atoms with Gasteiger partial charge in [-0.15, -0.1) is 0 Å². The van der Waals surface area contributed by atoms with Crippen LogP contribution in [0.1, 0.15) is 25.1 Å². The van der Waals surface area contributed by atoms with E-state index in [2.05, 4.69) is 56.5 Å². The van der Waals surface area contributed by atoms with Crippen molar-refractivity contribution in [1.82, 2.24) is 25.1 Å². The summed E-state index contributed by atoms with van der Waals surface area (Å²) in [7, 11) is 0. The fourth-order valence-electron chi connectivity index (χ4n) is 4.88. The Labute approximate surface area is 215 Å². The molecule has 1 fully saturated rings. The third-order valence-electron chi connectivity index (χ3n) is 7.20. The van der Waals surface area contributed by atoms with E-state index in [0.717, 1.165) is 88.3 Å². The lowest BCUT2D eigenvalue weighted by molar-refractivity contribution is 0.0336. The molecule has 6 rings (SSSR count). The lowest BCUT2D eigenvalue weighted by Crippen LogP contribution is -2.35. The number of rotatable bonds is 5. The quantitative estimate of drug-likeness (QED) is 0.353. The van der Waals surface area contributed by atoms with E-state index >= 15 is 0 Å². The minimum Gasteiger partial charge on any atom is -0.379 e.